The van der Waals surface area contributed by atoms with E-state index in [0.717, 1.165) is 0 Å². The zero-order valence-corrected chi connectivity index (χ0v) is 18.9. The molecule has 0 fully saturated rings. The maximum atomic E-state index is 14.7. The van der Waals surface area contributed by atoms with Gasteiger partial charge in [-0.2, -0.15) is 0 Å². The second kappa shape index (κ2) is 10.8. The van der Waals surface area contributed by atoms with E-state index in [4.69, 9.17) is 22.7 Å². The fourth-order valence-electron chi connectivity index (χ4n) is 3.12. The Labute approximate surface area is 191 Å². The smallest absolute Gasteiger partial charge is 0.316 e. The number of halogens is 1. The number of nitrogens with one attached hydrogen (secondary N) is 2. The molecule has 7 nitrogen and oxygen atoms in total. The number of amides is 1. The van der Waals surface area contributed by atoms with Crippen LogP contribution in [0.2, 0.25) is 0 Å². The van der Waals surface area contributed by atoms with Gasteiger partial charge in [0, 0.05) is 23.2 Å². The summed E-state index contributed by atoms with van der Waals surface area (Å²) >= 11 is 5.27. The SMILES string of the molecule is CCOC(=O)C(C)C(=O)C[C@](C)(NC(=S)NC(=O)c1ccccc1)c1cc(N)ccc1F. The van der Waals surface area contributed by atoms with Crippen molar-refractivity contribution < 1.29 is 23.5 Å². The minimum atomic E-state index is -1.40. The van der Waals surface area contributed by atoms with Crippen LogP contribution in [0, 0.1) is 11.7 Å². The van der Waals surface area contributed by atoms with Gasteiger partial charge < -0.3 is 15.8 Å². The molecule has 170 valence electrons. The van der Waals surface area contributed by atoms with Crippen LogP contribution < -0.4 is 16.4 Å². The van der Waals surface area contributed by atoms with Gasteiger partial charge in [-0.25, -0.2) is 4.39 Å². The number of hydrogen-bond acceptors (Lipinski definition) is 6. The van der Waals surface area contributed by atoms with E-state index >= 15 is 0 Å². The lowest BCUT2D eigenvalue weighted by Gasteiger charge is -2.33. The Morgan fingerprint density at radius 3 is 2.47 bits per heavy atom. The zero-order chi connectivity index (χ0) is 23.9. The average Bonchev–Trinajstić information content (AvgIpc) is 2.75. The van der Waals surface area contributed by atoms with Gasteiger partial charge in [-0.3, -0.25) is 19.7 Å². The molecule has 32 heavy (non-hydrogen) atoms. The zero-order valence-electron chi connectivity index (χ0n) is 18.1. The number of rotatable bonds is 8. The molecule has 0 bridgehead atoms. The molecule has 0 heterocycles. The molecule has 2 aromatic rings. The summed E-state index contributed by atoms with van der Waals surface area (Å²) in [4.78, 5) is 37.3. The monoisotopic (exact) mass is 459 g/mol. The van der Waals surface area contributed by atoms with Crippen molar-refractivity contribution in [2.45, 2.75) is 32.7 Å². The summed E-state index contributed by atoms with van der Waals surface area (Å²) in [5.41, 5.74) is 5.15. The van der Waals surface area contributed by atoms with Gasteiger partial charge in [0.1, 0.15) is 17.5 Å². The van der Waals surface area contributed by atoms with Crippen molar-refractivity contribution in [2.24, 2.45) is 5.92 Å². The first kappa shape index (κ1) is 24.9. The quantitative estimate of drug-likeness (QED) is 0.241. The van der Waals surface area contributed by atoms with Crippen molar-refractivity contribution >= 4 is 40.7 Å². The maximum absolute atomic E-state index is 14.7. The largest absolute Gasteiger partial charge is 0.465 e. The fourth-order valence-corrected chi connectivity index (χ4v) is 3.44. The van der Waals surface area contributed by atoms with Crippen LogP contribution in [0.4, 0.5) is 10.1 Å². The Hall–Kier alpha value is -3.33. The molecule has 0 aliphatic carbocycles. The Morgan fingerprint density at radius 1 is 1.19 bits per heavy atom. The van der Waals surface area contributed by atoms with Crippen molar-refractivity contribution in [1.29, 1.82) is 0 Å². The minimum absolute atomic E-state index is 0.0678. The normalized spacial score (nSPS) is 13.4. The first-order valence-corrected chi connectivity index (χ1v) is 10.4. The second-order valence-corrected chi connectivity index (χ2v) is 7.87. The van der Waals surface area contributed by atoms with Gasteiger partial charge in [-0.05, 0) is 63.3 Å². The van der Waals surface area contributed by atoms with Gasteiger partial charge in [0.25, 0.3) is 5.91 Å². The van der Waals surface area contributed by atoms with Gasteiger partial charge in [0.2, 0.25) is 0 Å². The van der Waals surface area contributed by atoms with Crippen LogP contribution in [0.25, 0.3) is 0 Å². The molecular formula is C23H26FN3O4S. The summed E-state index contributed by atoms with van der Waals surface area (Å²) in [5.74, 6) is -3.31. The molecular weight excluding hydrogens is 433 g/mol. The van der Waals surface area contributed by atoms with Crippen molar-refractivity contribution in [1.82, 2.24) is 10.6 Å². The minimum Gasteiger partial charge on any atom is -0.465 e. The van der Waals surface area contributed by atoms with Crippen LogP contribution >= 0.6 is 12.2 Å². The van der Waals surface area contributed by atoms with Crippen LogP contribution in [0.3, 0.4) is 0 Å². The fraction of sp³-hybridized carbons (Fsp3) is 0.304. The lowest BCUT2D eigenvalue weighted by Crippen LogP contribution is -2.51. The van der Waals surface area contributed by atoms with Crippen LogP contribution in [0.1, 0.15) is 43.1 Å². The summed E-state index contributed by atoms with van der Waals surface area (Å²) in [6, 6.07) is 12.3. The number of thiocarbonyl (C=S) groups is 1. The molecule has 0 aliphatic heterocycles. The highest BCUT2D eigenvalue weighted by Crippen LogP contribution is 2.30. The number of anilines is 1. The number of Topliss-reactive ketones (excluding diaryl/α,β-unsaturated/α-hetero) is 1. The van der Waals surface area contributed by atoms with E-state index in [-0.39, 0.29) is 29.4 Å². The molecule has 0 aliphatic rings. The molecule has 0 aromatic heterocycles. The van der Waals surface area contributed by atoms with E-state index in [0.29, 0.717) is 5.56 Å². The predicted octanol–water partition coefficient (Wildman–Crippen LogP) is 3.09. The highest BCUT2D eigenvalue weighted by atomic mass is 32.1. The van der Waals surface area contributed by atoms with E-state index in [1.807, 2.05) is 0 Å². The van der Waals surface area contributed by atoms with E-state index < -0.39 is 34.9 Å². The lowest BCUT2D eigenvalue weighted by molar-refractivity contribution is -0.151. The number of carbonyl (C=O) groups is 3. The van der Waals surface area contributed by atoms with Crippen molar-refractivity contribution in [3.63, 3.8) is 0 Å². The number of ketones is 1. The molecule has 2 aromatic carbocycles. The van der Waals surface area contributed by atoms with Gasteiger partial charge in [0.05, 0.1) is 12.1 Å². The van der Waals surface area contributed by atoms with Gasteiger partial charge in [0.15, 0.2) is 5.11 Å². The third kappa shape index (κ3) is 6.34. The number of nitrogens with two attached hydrogens (primary N) is 1. The van der Waals surface area contributed by atoms with Crippen LogP contribution in [0.5, 0.6) is 0 Å². The van der Waals surface area contributed by atoms with Crippen LogP contribution in [0.15, 0.2) is 48.5 Å². The molecule has 1 amide bonds. The first-order valence-electron chi connectivity index (χ1n) is 10.0. The molecule has 9 heteroatoms. The number of esters is 1. The molecule has 1 unspecified atom stereocenters. The molecule has 0 saturated heterocycles. The van der Waals surface area contributed by atoms with Gasteiger partial charge in [-0.15, -0.1) is 0 Å². The van der Waals surface area contributed by atoms with Crippen molar-refractivity contribution in [2.75, 3.05) is 12.3 Å². The lowest BCUT2D eigenvalue weighted by atomic mass is 9.83. The molecule has 2 rings (SSSR count). The predicted molar refractivity (Wildman–Crippen MR) is 123 cm³/mol. The summed E-state index contributed by atoms with van der Waals surface area (Å²) in [7, 11) is 0. The molecule has 0 spiro atoms. The summed E-state index contributed by atoms with van der Waals surface area (Å²) < 4.78 is 19.7. The molecule has 2 atom stereocenters. The standard InChI is InChI=1S/C23H26FN3O4S/c1-4-31-21(30)14(2)19(28)13-23(3,17-12-16(25)10-11-18(17)24)27-22(32)26-20(29)15-8-6-5-7-9-15/h5-12,14H,4,13,25H2,1-3H3,(H2,26,27,29,32)/t14?,23-/m0/s1. The summed E-state index contributed by atoms with van der Waals surface area (Å²) in [5, 5.41) is 5.28. The molecule has 4 N–H and O–H groups in total. The summed E-state index contributed by atoms with van der Waals surface area (Å²) in [6.45, 7) is 4.73. The second-order valence-electron chi connectivity index (χ2n) is 7.46. The average molecular weight is 460 g/mol. The first-order chi connectivity index (χ1) is 15.1. The van der Waals surface area contributed by atoms with Gasteiger partial charge in [-0.1, -0.05) is 18.2 Å². The molecule has 0 radical (unpaired) electrons. The van der Waals surface area contributed by atoms with Crippen LogP contribution in [-0.4, -0.2) is 29.4 Å². The van der Waals surface area contributed by atoms with E-state index in [2.05, 4.69) is 10.6 Å². The Morgan fingerprint density at radius 2 is 1.84 bits per heavy atom. The third-order valence-electron chi connectivity index (χ3n) is 4.89. The third-order valence-corrected chi connectivity index (χ3v) is 5.09. The van der Waals surface area contributed by atoms with Crippen molar-refractivity contribution in [3.05, 3.63) is 65.5 Å². The Kier molecular flexibility index (Phi) is 8.42. The van der Waals surface area contributed by atoms with E-state index in [1.165, 1.54) is 25.1 Å². The maximum Gasteiger partial charge on any atom is 0.316 e. The van der Waals surface area contributed by atoms with E-state index in [9.17, 15) is 18.8 Å². The Balaban J connectivity index is 2.30. The van der Waals surface area contributed by atoms with Crippen molar-refractivity contribution in [3.8, 4) is 0 Å². The highest BCUT2D eigenvalue weighted by Gasteiger charge is 2.36. The number of carbonyl (C=O) groups excluding carboxylic acids is 3. The number of nitrogen functional groups attached to an aromatic ring is 1. The molecule has 0 saturated carbocycles. The summed E-state index contributed by atoms with van der Waals surface area (Å²) in [6.07, 6.45) is -0.311. The van der Waals surface area contributed by atoms with Crippen LogP contribution in [-0.2, 0) is 19.9 Å². The van der Waals surface area contributed by atoms with Gasteiger partial charge >= 0.3 is 5.97 Å². The topological polar surface area (TPSA) is 111 Å². The number of ether oxygens (including phenoxy) is 1. The van der Waals surface area contributed by atoms with E-state index in [1.54, 1.807) is 44.2 Å². The number of hydrogen-bond donors (Lipinski definition) is 3. The highest BCUT2D eigenvalue weighted by molar-refractivity contribution is 7.80. The number of benzene rings is 2. The Bertz CT molecular complexity index is 1020.